The molecule has 2 saturated heterocycles. The maximum Gasteiger partial charge on any atom is 0.339 e. The summed E-state index contributed by atoms with van der Waals surface area (Å²) in [5.74, 6) is -0.285. The Morgan fingerprint density at radius 1 is 1.13 bits per heavy atom. The summed E-state index contributed by atoms with van der Waals surface area (Å²) >= 11 is 0. The van der Waals surface area contributed by atoms with Gasteiger partial charge < -0.3 is 20.2 Å². The molecule has 1 aromatic heterocycles. The van der Waals surface area contributed by atoms with Gasteiger partial charge >= 0.3 is 5.97 Å². The summed E-state index contributed by atoms with van der Waals surface area (Å²) in [5, 5.41) is 12.6. The number of aryl methyl sites for hydroxylation is 1. The monoisotopic (exact) mass is 422 g/mol. The molecule has 1 atom stereocenters. The lowest BCUT2D eigenvalue weighted by atomic mass is 9.97. The van der Waals surface area contributed by atoms with Gasteiger partial charge in [-0.1, -0.05) is 18.2 Å². The molecule has 2 fully saturated rings. The zero-order chi connectivity index (χ0) is 21.8. The minimum absolute atomic E-state index is 0.129. The van der Waals surface area contributed by atoms with Crippen molar-refractivity contribution < 1.29 is 14.7 Å². The van der Waals surface area contributed by atoms with Gasteiger partial charge in [-0.15, -0.1) is 0 Å². The summed E-state index contributed by atoms with van der Waals surface area (Å²) in [6, 6.07) is 8.82. The van der Waals surface area contributed by atoms with Gasteiger partial charge in [0.15, 0.2) is 0 Å². The van der Waals surface area contributed by atoms with Crippen LogP contribution in [0.15, 0.2) is 36.5 Å². The third kappa shape index (κ3) is 5.05. The molecule has 0 spiro atoms. The number of piperidine rings is 1. The smallest absolute Gasteiger partial charge is 0.339 e. The molecule has 2 N–H and O–H groups in total. The SMILES string of the molecule is Cc1ccccc1C(=O)Nc1cnc(N2CCCC(CN3CCCC3)C2)c(C(=O)O)c1. The van der Waals surface area contributed by atoms with Crippen LogP contribution in [0.3, 0.4) is 0 Å². The minimum Gasteiger partial charge on any atom is -0.478 e. The van der Waals surface area contributed by atoms with Crippen LogP contribution in [-0.2, 0) is 0 Å². The van der Waals surface area contributed by atoms with E-state index < -0.39 is 5.97 Å². The number of hydrogen-bond donors (Lipinski definition) is 2. The average molecular weight is 423 g/mol. The number of nitrogens with zero attached hydrogens (tertiary/aromatic N) is 3. The lowest BCUT2D eigenvalue weighted by Crippen LogP contribution is -2.41. The molecule has 2 aromatic rings. The van der Waals surface area contributed by atoms with Crippen LogP contribution in [0.5, 0.6) is 0 Å². The van der Waals surface area contributed by atoms with Crippen LogP contribution in [0, 0.1) is 12.8 Å². The first kappa shape index (κ1) is 21.3. The Labute approximate surface area is 183 Å². The van der Waals surface area contributed by atoms with Gasteiger partial charge in [0.2, 0.25) is 0 Å². The fourth-order valence-corrected chi connectivity index (χ4v) is 4.70. The summed E-state index contributed by atoms with van der Waals surface area (Å²) in [6.07, 6.45) is 6.31. The number of anilines is 2. The van der Waals surface area contributed by atoms with E-state index >= 15 is 0 Å². The van der Waals surface area contributed by atoms with Crippen LogP contribution in [0.4, 0.5) is 11.5 Å². The number of amides is 1. The zero-order valence-electron chi connectivity index (χ0n) is 18.0. The standard InChI is InChI=1S/C24H30N4O3/c1-17-7-2-3-9-20(17)23(29)26-19-13-21(24(30)31)22(25-14-19)28-12-6-8-18(16-28)15-27-10-4-5-11-27/h2-3,7,9,13-14,18H,4-6,8,10-12,15-16H2,1H3,(H,26,29)(H,30,31). The van der Waals surface area contributed by atoms with Crippen molar-refractivity contribution in [2.75, 3.05) is 42.9 Å². The Kier molecular flexibility index (Phi) is 6.51. The molecule has 2 aliphatic rings. The molecule has 31 heavy (non-hydrogen) atoms. The number of hydrogen-bond acceptors (Lipinski definition) is 5. The van der Waals surface area contributed by atoms with E-state index in [-0.39, 0.29) is 11.5 Å². The second-order valence-corrected chi connectivity index (χ2v) is 8.63. The van der Waals surface area contributed by atoms with Crippen LogP contribution < -0.4 is 10.2 Å². The van der Waals surface area contributed by atoms with Gasteiger partial charge in [-0.3, -0.25) is 4.79 Å². The molecule has 1 unspecified atom stereocenters. The number of carboxylic acids is 1. The molecule has 7 heteroatoms. The normalized spacial score (nSPS) is 19.4. The van der Waals surface area contributed by atoms with Crippen LogP contribution >= 0.6 is 0 Å². The van der Waals surface area contributed by atoms with E-state index in [0.717, 1.165) is 31.6 Å². The van der Waals surface area contributed by atoms with Crippen LogP contribution in [-0.4, -0.2) is 59.6 Å². The number of aromatic carboxylic acids is 1. The Morgan fingerprint density at radius 3 is 2.65 bits per heavy atom. The van der Waals surface area contributed by atoms with Crippen molar-refractivity contribution in [3.8, 4) is 0 Å². The van der Waals surface area contributed by atoms with Gasteiger partial charge in [0, 0.05) is 25.2 Å². The average Bonchev–Trinajstić information content (AvgIpc) is 3.27. The first-order chi connectivity index (χ1) is 15.0. The maximum atomic E-state index is 12.6. The van der Waals surface area contributed by atoms with E-state index in [9.17, 15) is 14.7 Å². The first-order valence-electron chi connectivity index (χ1n) is 11.1. The molecule has 164 valence electrons. The topological polar surface area (TPSA) is 85.8 Å². The number of nitrogens with one attached hydrogen (secondary N) is 1. The number of likely N-dealkylation sites (tertiary alicyclic amines) is 1. The van der Waals surface area contributed by atoms with E-state index in [1.54, 1.807) is 18.3 Å². The molecule has 0 bridgehead atoms. The number of benzene rings is 1. The molecule has 1 aromatic carbocycles. The second-order valence-electron chi connectivity index (χ2n) is 8.63. The third-order valence-electron chi connectivity index (χ3n) is 6.28. The van der Waals surface area contributed by atoms with Crippen LogP contribution in [0.25, 0.3) is 0 Å². The van der Waals surface area contributed by atoms with Gasteiger partial charge in [0.25, 0.3) is 5.91 Å². The molecule has 0 radical (unpaired) electrons. The highest BCUT2D eigenvalue weighted by molar-refractivity contribution is 6.06. The van der Waals surface area contributed by atoms with Crippen molar-refractivity contribution in [3.63, 3.8) is 0 Å². The maximum absolute atomic E-state index is 12.6. The highest BCUT2D eigenvalue weighted by atomic mass is 16.4. The molecular formula is C24H30N4O3. The summed E-state index contributed by atoms with van der Waals surface area (Å²) in [6.45, 7) is 6.91. The van der Waals surface area contributed by atoms with Crippen molar-refractivity contribution in [2.24, 2.45) is 5.92 Å². The van der Waals surface area contributed by atoms with Crippen LogP contribution in [0.1, 0.15) is 52.0 Å². The highest BCUT2D eigenvalue weighted by Crippen LogP contribution is 2.28. The summed E-state index contributed by atoms with van der Waals surface area (Å²) in [4.78, 5) is 33.7. The number of carboxylic acid groups (broad SMARTS) is 1. The molecular weight excluding hydrogens is 392 g/mol. The van der Waals surface area contributed by atoms with E-state index in [4.69, 9.17) is 0 Å². The van der Waals surface area contributed by atoms with Gasteiger partial charge in [-0.25, -0.2) is 9.78 Å². The molecule has 4 rings (SSSR count). The second kappa shape index (κ2) is 9.47. The van der Waals surface area contributed by atoms with Crippen molar-refractivity contribution in [1.29, 1.82) is 0 Å². The quantitative estimate of drug-likeness (QED) is 0.739. The summed E-state index contributed by atoms with van der Waals surface area (Å²) < 4.78 is 0. The highest BCUT2D eigenvalue weighted by Gasteiger charge is 2.27. The summed E-state index contributed by atoms with van der Waals surface area (Å²) in [7, 11) is 0. The van der Waals surface area contributed by atoms with Gasteiger partial charge in [-0.05, 0) is 69.3 Å². The van der Waals surface area contributed by atoms with Crippen molar-refractivity contribution in [2.45, 2.75) is 32.6 Å². The predicted octanol–water partition coefficient (Wildman–Crippen LogP) is 3.65. The lowest BCUT2D eigenvalue weighted by Gasteiger charge is -2.36. The number of pyridine rings is 1. The zero-order valence-corrected chi connectivity index (χ0v) is 18.0. The summed E-state index contributed by atoms with van der Waals surface area (Å²) in [5.41, 5.74) is 1.94. The molecule has 1 amide bonds. The molecule has 0 saturated carbocycles. The Balaban J connectivity index is 1.50. The van der Waals surface area contributed by atoms with Crippen molar-refractivity contribution in [3.05, 3.63) is 53.2 Å². The number of rotatable bonds is 6. The van der Waals surface area contributed by atoms with E-state index in [0.29, 0.717) is 23.0 Å². The number of carbonyl (C=O) groups excluding carboxylic acids is 1. The molecule has 2 aliphatic heterocycles. The molecule has 7 nitrogen and oxygen atoms in total. The third-order valence-corrected chi connectivity index (χ3v) is 6.28. The fraction of sp³-hybridized carbons (Fsp3) is 0.458. The van der Waals surface area contributed by atoms with Gasteiger partial charge in [0.05, 0.1) is 11.9 Å². The van der Waals surface area contributed by atoms with E-state index in [2.05, 4.69) is 20.1 Å². The largest absolute Gasteiger partial charge is 0.478 e. The van der Waals surface area contributed by atoms with Crippen molar-refractivity contribution in [1.82, 2.24) is 9.88 Å². The Bertz CT molecular complexity index is 956. The van der Waals surface area contributed by atoms with Crippen molar-refractivity contribution >= 4 is 23.4 Å². The Morgan fingerprint density at radius 2 is 1.90 bits per heavy atom. The van der Waals surface area contributed by atoms with Gasteiger partial charge in [0.1, 0.15) is 11.4 Å². The predicted molar refractivity (Wildman–Crippen MR) is 121 cm³/mol. The number of aromatic nitrogens is 1. The van der Waals surface area contributed by atoms with Crippen LogP contribution in [0.2, 0.25) is 0 Å². The first-order valence-corrected chi connectivity index (χ1v) is 11.1. The lowest BCUT2D eigenvalue weighted by molar-refractivity contribution is 0.0696. The Hall–Kier alpha value is -2.93. The molecule has 0 aliphatic carbocycles. The molecule has 3 heterocycles. The van der Waals surface area contributed by atoms with Gasteiger partial charge in [-0.2, -0.15) is 0 Å². The fourth-order valence-electron chi connectivity index (χ4n) is 4.70. The van der Waals surface area contributed by atoms with E-state index in [1.165, 1.54) is 38.4 Å². The number of carbonyl (C=O) groups is 2. The minimum atomic E-state index is -1.03. The van der Waals surface area contributed by atoms with E-state index in [1.807, 2.05) is 19.1 Å².